The van der Waals surface area contributed by atoms with Gasteiger partial charge in [-0.2, -0.15) is 0 Å². The summed E-state index contributed by atoms with van der Waals surface area (Å²) in [4.78, 5) is 23.3. The monoisotopic (exact) mass is 380 g/mol. The van der Waals surface area contributed by atoms with Crippen molar-refractivity contribution < 1.29 is 19.1 Å². The minimum atomic E-state index is -0.128. The Bertz CT molecular complexity index is 367. The molecule has 0 N–H and O–H groups in total. The minimum Gasteiger partial charge on any atom is -0.466 e. The van der Waals surface area contributed by atoms with E-state index in [4.69, 9.17) is 9.47 Å². The van der Waals surface area contributed by atoms with Gasteiger partial charge in [-0.3, -0.25) is 9.59 Å². The third kappa shape index (κ3) is 16.6. The van der Waals surface area contributed by atoms with E-state index in [9.17, 15) is 9.59 Å². The van der Waals surface area contributed by atoms with Crippen LogP contribution in [0.1, 0.15) is 109 Å². The molecule has 1 aliphatic rings. The van der Waals surface area contributed by atoms with Crippen LogP contribution in [0.15, 0.2) is 12.2 Å². The fourth-order valence-electron chi connectivity index (χ4n) is 3.29. The highest BCUT2D eigenvalue weighted by Gasteiger charge is 2.05. The van der Waals surface area contributed by atoms with Crippen LogP contribution in [0.4, 0.5) is 0 Å². The molecule has 1 aliphatic heterocycles. The number of hydrogen-bond acceptors (Lipinski definition) is 4. The molecule has 156 valence electrons. The molecule has 0 spiro atoms. The number of rotatable bonds is 0. The topological polar surface area (TPSA) is 52.6 Å². The average molecular weight is 381 g/mol. The Morgan fingerprint density at radius 2 is 0.852 bits per heavy atom. The van der Waals surface area contributed by atoms with Crippen molar-refractivity contribution in [3.05, 3.63) is 12.2 Å². The second-order valence-electron chi connectivity index (χ2n) is 7.59. The lowest BCUT2D eigenvalue weighted by Gasteiger charge is -2.06. The minimum absolute atomic E-state index is 0.128. The van der Waals surface area contributed by atoms with E-state index in [-0.39, 0.29) is 11.9 Å². The molecule has 1 rings (SSSR count). The van der Waals surface area contributed by atoms with E-state index in [1.807, 2.05) is 0 Å². The maximum absolute atomic E-state index is 11.6. The third-order valence-electron chi connectivity index (χ3n) is 4.98. The molecule has 4 heteroatoms. The first kappa shape index (κ1) is 23.7. The average Bonchev–Trinajstić information content (AvgIpc) is 2.66. The van der Waals surface area contributed by atoms with Crippen molar-refractivity contribution in [2.24, 2.45) is 0 Å². The van der Waals surface area contributed by atoms with E-state index < -0.39 is 0 Å². The van der Waals surface area contributed by atoms with Crippen LogP contribution in [-0.4, -0.2) is 25.2 Å². The standard InChI is InChI=1S/C23H40O4/c24-22-18-15-13-11-9-7-5-3-1-2-4-6-8-10-12-14-16-19-23(25)27-21-17-20-26-22/h1-2H,3-21H2/b2-1+. The maximum Gasteiger partial charge on any atom is 0.305 e. The quantitative estimate of drug-likeness (QED) is 0.367. The zero-order valence-corrected chi connectivity index (χ0v) is 17.2. The molecule has 4 nitrogen and oxygen atoms in total. The zero-order chi connectivity index (χ0) is 19.4. The molecule has 0 aromatic rings. The molecule has 0 fully saturated rings. The summed E-state index contributed by atoms with van der Waals surface area (Å²) in [6.07, 6.45) is 22.7. The summed E-state index contributed by atoms with van der Waals surface area (Å²) in [5, 5.41) is 0. The van der Waals surface area contributed by atoms with E-state index in [0.717, 1.165) is 25.7 Å². The molecule has 0 aromatic heterocycles. The molecule has 0 unspecified atom stereocenters. The predicted octanol–water partition coefficient (Wildman–Crippen LogP) is 6.27. The van der Waals surface area contributed by atoms with Crippen molar-refractivity contribution in [2.75, 3.05) is 13.2 Å². The predicted molar refractivity (Wildman–Crippen MR) is 110 cm³/mol. The van der Waals surface area contributed by atoms with Crippen molar-refractivity contribution in [2.45, 2.75) is 109 Å². The second-order valence-corrected chi connectivity index (χ2v) is 7.59. The van der Waals surface area contributed by atoms with Gasteiger partial charge in [0.15, 0.2) is 0 Å². The Morgan fingerprint density at radius 3 is 1.30 bits per heavy atom. The number of cyclic esters (lactones) is 2. The van der Waals surface area contributed by atoms with Crippen molar-refractivity contribution in [3.8, 4) is 0 Å². The molecule has 0 aliphatic carbocycles. The number of ether oxygens (including phenoxy) is 2. The molecule has 0 radical (unpaired) electrons. The first-order valence-corrected chi connectivity index (χ1v) is 11.3. The first-order valence-electron chi connectivity index (χ1n) is 11.3. The smallest absolute Gasteiger partial charge is 0.305 e. The lowest BCUT2D eigenvalue weighted by atomic mass is 10.1. The summed E-state index contributed by atoms with van der Waals surface area (Å²) >= 11 is 0. The fourth-order valence-corrected chi connectivity index (χ4v) is 3.29. The molecule has 0 aromatic carbocycles. The van der Waals surface area contributed by atoms with Gasteiger partial charge >= 0.3 is 11.9 Å². The summed E-state index contributed by atoms with van der Waals surface area (Å²) in [6.45, 7) is 0.694. The lowest BCUT2D eigenvalue weighted by Crippen LogP contribution is -2.10. The summed E-state index contributed by atoms with van der Waals surface area (Å²) in [5.74, 6) is -0.256. The van der Waals surface area contributed by atoms with Gasteiger partial charge in [-0.1, -0.05) is 63.5 Å². The fraction of sp³-hybridized carbons (Fsp3) is 0.826. The van der Waals surface area contributed by atoms with Gasteiger partial charge in [0, 0.05) is 19.3 Å². The Hall–Kier alpha value is -1.32. The number of allylic oxidation sites excluding steroid dienone is 2. The third-order valence-corrected chi connectivity index (χ3v) is 4.98. The molecule has 0 amide bonds. The van der Waals surface area contributed by atoms with Crippen molar-refractivity contribution in [1.82, 2.24) is 0 Å². The van der Waals surface area contributed by atoms with Crippen molar-refractivity contribution in [3.63, 3.8) is 0 Å². The van der Waals surface area contributed by atoms with Gasteiger partial charge in [0.1, 0.15) is 0 Å². The number of hydrogen-bond donors (Lipinski definition) is 0. The SMILES string of the molecule is O=C1CCCCCCCC/C=C/CCCCCCCCC(=O)OCCCO1. The first-order chi connectivity index (χ1) is 13.3. The number of carbonyl (C=O) groups excluding carboxylic acids is 2. The molecule has 27 heavy (non-hydrogen) atoms. The van der Waals surface area contributed by atoms with Gasteiger partial charge in [0.25, 0.3) is 0 Å². The van der Waals surface area contributed by atoms with Crippen LogP contribution in [0, 0.1) is 0 Å². The molecular formula is C23H40O4. The highest BCUT2D eigenvalue weighted by atomic mass is 16.5. The summed E-state index contributed by atoms with van der Waals surface area (Å²) in [7, 11) is 0. The highest BCUT2D eigenvalue weighted by molar-refractivity contribution is 5.69. The Kier molecular flexibility index (Phi) is 15.9. The molecule has 0 saturated carbocycles. The van der Waals surface area contributed by atoms with E-state index in [1.54, 1.807) is 0 Å². The molecule has 0 bridgehead atoms. The van der Waals surface area contributed by atoms with Crippen LogP contribution >= 0.6 is 0 Å². The van der Waals surface area contributed by atoms with E-state index >= 15 is 0 Å². The summed E-state index contributed by atoms with van der Waals surface area (Å²) in [6, 6.07) is 0. The van der Waals surface area contributed by atoms with Crippen LogP contribution < -0.4 is 0 Å². The van der Waals surface area contributed by atoms with E-state index in [0.29, 0.717) is 32.5 Å². The van der Waals surface area contributed by atoms with Gasteiger partial charge in [0.2, 0.25) is 0 Å². The molecular weight excluding hydrogens is 340 g/mol. The second kappa shape index (κ2) is 18.1. The zero-order valence-electron chi connectivity index (χ0n) is 17.2. The van der Waals surface area contributed by atoms with E-state index in [1.165, 1.54) is 64.2 Å². The van der Waals surface area contributed by atoms with E-state index in [2.05, 4.69) is 12.2 Å². The van der Waals surface area contributed by atoms with Crippen LogP contribution in [0.2, 0.25) is 0 Å². The van der Waals surface area contributed by atoms with Crippen LogP contribution in [0.3, 0.4) is 0 Å². The largest absolute Gasteiger partial charge is 0.466 e. The van der Waals surface area contributed by atoms with Gasteiger partial charge in [-0.05, 0) is 38.5 Å². The number of carbonyl (C=O) groups is 2. The van der Waals surface area contributed by atoms with Gasteiger partial charge in [-0.15, -0.1) is 0 Å². The Morgan fingerprint density at radius 1 is 0.481 bits per heavy atom. The highest BCUT2D eigenvalue weighted by Crippen LogP contribution is 2.12. The number of esters is 2. The molecule has 0 saturated heterocycles. The van der Waals surface area contributed by atoms with Gasteiger partial charge in [-0.25, -0.2) is 0 Å². The van der Waals surface area contributed by atoms with Gasteiger partial charge in [0.05, 0.1) is 13.2 Å². The summed E-state index contributed by atoms with van der Waals surface area (Å²) < 4.78 is 10.4. The van der Waals surface area contributed by atoms with Crippen molar-refractivity contribution >= 4 is 11.9 Å². The molecule has 1 heterocycles. The summed E-state index contributed by atoms with van der Waals surface area (Å²) in [5.41, 5.74) is 0. The normalized spacial score (nSPS) is 23.3. The molecule has 0 atom stereocenters. The van der Waals surface area contributed by atoms with Crippen LogP contribution in [-0.2, 0) is 19.1 Å². The van der Waals surface area contributed by atoms with Crippen LogP contribution in [0.5, 0.6) is 0 Å². The Balaban J connectivity index is 2.19. The maximum atomic E-state index is 11.6. The van der Waals surface area contributed by atoms with Crippen molar-refractivity contribution in [1.29, 1.82) is 0 Å². The van der Waals surface area contributed by atoms with Gasteiger partial charge < -0.3 is 9.47 Å². The Labute approximate surface area is 166 Å². The lowest BCUT2D eigenvalue weighted by molar-refractivity contribution is -0.146. The van der Waals surface area contributed by atoms with Crippen LogP contribution in [0.25, 0.3) is 0 Å².